The number of benzene rings is 3. The van der Waals surface area contributed by atoms with Gasteiger partial charge in [0, 0.05) is 22.2 Å². The summed E-state index contributed by atoms with van der Waals surface area (Å²) in [5.41, 5.74) is 5.47. The van der Waals surface area contributed by atoms with Gasteiger partial charge in [-0.3, -0.25) is 15.0 Å². The highest BCUT2D eigenvalue weighted by Gasteiger charge is 2.17. The molecule has 0 radical (unpaired) electrons. The van der Waals surface area contributed by atoms with E-state index in [1.165, 1.54) is 6.33 Å². The predicted molar refractivity (Wildman–Crippen MR) is 120 cm³/mol. The summed E-state index contributed by atoms with van der Waals surface area (Å²) in [5.74, 6) is 0.701. The van der Waals surface area contributed by atoms with Gasteiger partial charge in [0.15, 0.2) is 5.82 Å². The zero-order valence-corrected chi connectivity index (χ0v) is 16.9. The average molecular weight is 408 g/mol. The lowest BCUT2D eigenvalue weighted by atomic mass is 10.0. The number of hydrogen-bond acceptors (Lipinski definition) is 4. The smallest absolute Gasteiger partial charge is 0.214 e. The summed E-state index contributed by atoms with van der Waals surface area (Å²) in [5, 5.41) is 15.4. The number of aromatic amines is 2. The van der Waals surface area contributed by atoms with Crippen LogP contribution in [0, 0.1) is 0 Å². The molecule has 0 saturated heterocycles. The average Bonchev–Trinajstić information content (AvgIpc) is 3.50. The van der Waals surface area contributed by atoms with Crippen LogP contribution in [-0.4, -0.2) is 31.8 Å². The maximum absolute atomic E-state index is 12.0. The first-order valence-electron chi connectivity index (χ1n) is 9.97. The molecule has 2 heterocycles. The first-order valence-corrected chi connectivity index (χ1v) is 9.97. The lowest BCUT2D eigenvalue weighted by molar-refractivity contribution is -0.107. The summed E-state index contributed by atoms with van der Waals surface area (Å²) in [7, 11) is 0. The Balaban J connectivity index is 1.55. The predicted octanol–water partition coefficient (Wildman–Crippen LogP) is 4.74. The molecule has 7 heteroatoms. The molecule has 7 nitrogen and oxygen atoms in total. The molecular formula is C24H20N6O. The molecule has 0 aliphatic carbocycles. The van der Waals surface area contributed by atoms with Gasteiger partial charge in [-0.25, -0.2) is 4.98 Å². The van der Waals surface area contributed by atoms with Crippen LogP contribution in [0.5, 0.6) is 0 Å². The largest absolute Gasteiger partial charge is 0.308 e. The minimum atomic E-state index is -0.0945. The Hall–Kier alpha value is -4.26. The van der Waals surface area contributed by atoms with E-state index in [0.29, 0.717) is 5.82 Å². The van der Waals surface area contributed by atoms with Crippen molar-refractivity contribution < 1.29 is 4.79 Å². The summed E-state index contributed by atoms with van der Waals surface area (Å²) in [6.07, 6.45) is 2.36. The molecule has 2 N–H and O–H groups in total. The van der Waals surface area contributed by atoms with Crippen LogP contribution in [0.1, 0.15) is 18.5 Å². The van der Waals surface area contributed by atoms with E-state index < -0.39 is 0 Å². The quantitative estimate of drug-likeness (QED) is 0.397. The van der Waals surface area contributed by atoms with Crippen molar-refractivity contribution in [2.24, 2.45) is 0 Å². The zero-order valence-electron chi connectivity index (χ0n) is 16.9. The van der Waals surface area contributed by atoms with Crippen LogP contribution in [0.25, 0.3) is 33.5 Å². The Morgan fingerprint density at radius 2 is 1.81 bits per heavy atom. The van der Waals surface area contributed by atoms with E-state index in [2.05, 4.69) is 25.4 Å². The summed E-state index contributed by atoms with van der Waals surface area (Å²) < 4.78 is 0. The molecule has 152 valence electrons. The SMILES string of the molecule is C[C@H](c1ccccc1)N(C=O)c1cccc(-c2n[nH]c3ccc(-c4ncn[nH]4)cc23)c1. The molecule has 1 atom stereocenters. The molecule has 0 bridgehead atoms. The van der Waals surface area contributed by atoms with Gasteiger partial charge < -0.3 is 4.90 Å². The number of hydrogen-bond donors (Lipinski definition) is 2. The number of nitrogens with zero attached hydrogens (tertiary/aromatic N) is 4. The van der Waals surface area contributed by atoms with Crippen molar-refractivity contribution >= 4 is 23.0 Å². The Morgan fingerprint density at radius 1 is 0.935 bits per heavy atom. The molecular weight excluding hydrogens is 388 g/mol. The van der Waals surface area contributed by atoms with Gasteiger partial charge in [-0.15, -0.1) is 0 Å². The van der Waals surface area contributed by atoms with Gasteiger partial charge >= 0.3 is 0 Å². The Bertz CT molecular complexity index is 1330. The van der Waals surface area contributed by atoms with Crippen LogP contribution >= 0.6 is 0 Å². The number of aromatic nitrogens is 5. The van der Waals surface area contributed by atoms with E-state index in [1.807, 2.05) is 79.7 Å². The summed E-state index contributed by atoms with van der Waals surface area (Å²) in [6.45, 7) is 2.02. The molecule has 0 unspecified atom stereocenters. The van der Waals surface area contributed by atoms with E-state index >= 15 is 0 Å². The highest BCUT2D eigenvalue weighted by molar-refractivity contribution is 5.96. The number of H-pyrrole nitrogens is 2. The van der Waals surface area contributed by atoms with Crippen molar-refractivity contribution in [3.05, 3.63) is 84.7 Å². The zero-order chi connectivity index (χ0) is 21.2. The summed E-state index contributed by atoms with van der Waals surface area (Å²) >= 11 is 0. The molecule has 0 aliphatic rings. The molecule has 5 rings (SSSR count). The number of amides is 1. The molecule has 0 saturated carbocycles. The monoisotopic (exact) mass is 408 g/mol. The minimum absolute atomic E-state index is 0.0945. The van der Waals surface area contributed by atoms with Gasteiger partial charge in [-0.05, 0) is 42.8 Å². The molecule has 1 amide bonds. The number of carbonyl (C=O) groups is 1. The van der Waals surface area contributed by atoms with Gasteiger partial charge in [0.05, 0.1) is 17.3 Å². The second-order valence-electron chi connectivity index (χ2n) is 7.32. The van der Waals surface area contributed by atoms with Crippen molar-refractivity contribution in [1.82, 2.24) is 25.4 Å². The minimum Gasteiger partial charge on any atom is -0.308 e. The highest BCUT2D eigenvalue weighted by atomic mass is 16.1. The van der Waals surface area contributed by atoms with E-state index in [0.717, 1.165) is 45.4 Å². The molecule has 5 aromatic rings. The van der Waals surface area contributed by atoms with Gasteiger partial charge in [0.25, 0.3) is 0 Å². The topological polar surface area (TPSA) is 90.6 Å². The first-order chi connectivity index (χ1) is 15.2. The second kappa shape index (κ2) is 7.87. The number of fused-ring (bicyclic) bond motifs is 1. The third-order valence-electron chi connectivity index (χ3n) is 5.48. The maximum atomic E-state index is 12.0. The van der Waals surface area contributed by atoms with Gasteiger partial charge in [-0.1, -0.05) is 42.5 Å². The third kappa shape index (κ3) is 3.46. The van der Waals surface area contributed by atoms with E-state index in [4.69, 9.17) is 0 Å². The lowest BCUT2D eigenvalue weighted by Crippen LogP contribution is -2.24. The fourth-order valence-corrected chi connectivity index (χ4v) is 3.81. The van der Waals surface area contributed by atoms with Gasteiger partial charge in [0.2, 0.25) is 6.41 Å². The Kier molecular flexibility index (Phi) is 4.76. The summed E-state index contributed by atoms with van der Waals surface area (Å²) in [4.78, 5) is 18.0. The molecule has 2 aromatic heterocycles. The van der Waals surface area contributed by atoms with E-state index in [1.54, 1.807) is 4.90 Å². The second-order valence-corrected chi connectivity index (χ2v) is 7.32. The van der Waals surface area contributed by atoms with Crippen LogP contribution in [-0.2, 0) is 4.79 Å². The van der Waals surface area contributed by atoms with Crippen LogP contribution in [0.3, 0.4) is 0 Å². The van der Waals surface area contributed by atoms with Crippen LogP contribution in [0.4, 0.5) is 5.69 Å². The molecule has 0 aliphatic heterocycles. The highest BCUT2D eigenvalue weighted by Crippen LogP contribution is 2.33. The maximum Gasteiger partial charge on any atom is 0.214 e. The molecule has 0 fully saturated rings. The molecule has 3 aromatic carbocycles. The molecule has 0 spiro atoms. The van der Waals surface area contributed by atoms with Crippen LogP contribution < -0.4 is 4.90 Å². The van der Waals surface area contributed by atoms with Crippen molar-refractivity contribution in [2.75, 3.05) is 4.90 Å². The van der Waals surface area contributed by atoms with E-state index in [9.17, 15) is 4.79 Å². The van der Waals surface area contributed by atoms with E-state index in [-0.39, 0.29) is 6.04 Å². The Labute approximate surface area is 178 Å². The number of carbonyl (C=O) groups excluding carboxylic acids is 1. The Morgan fingerprint density at radius 3 is 2.58 bits per heavy atom. The van der Waals surface area contributed by atoms with Crippen molar-refractivity contribution in [1.29, 1.82) is 0 Å². The van der Waals surface area contributed by atoms with Crippen LogP contribution in [0.2, 0.25) is 0 Å². The fourth-order valence-electron chi connectivity index (χ4n) is 3.81. The number of anilines is 1. The first kappa shape index (κ1) is 18.7. The fraction of sp³-hybridized carbons (Fsp3) is 0.0833. The summed E-state index contributed by atoms with van der Waals surface area (Å²) in [6, 6.07) is 23.7. The number of nitrogens with one attached hydrogen (secondary N) is 2. The standard InChI is InChI=1S/C24H20N6O/c1-16(17-6-3-2-4-7-17)30(15-31)20-9-5-8-18(12-20)23-21-13-19(24-25-14-26-29-24)10-11-22(21)27-28-23/h2-16H,1H3,(H,27,28)(H,25,26,29)/t16-/m1/s1. The van der Waals surface area contributed by atoms with Gasteiger partial charge in [0.1, 0.15) is 6.33 Å². The number of rotatable bonds is 6. The van der Waals surface area contributed by atoms with Crippen molar-refractivity contribution in [2.45, 2.75) is 13.0 Å². The van der Waals surface area contributed by atoms with Crippen LogP contribution in [0.15, 0.2) is 79.1 Å². The molecule has 31 heavy (non-hydrogen) atoms. The lowest BCUT2D eigenvalue weighted by Gasteiger charge is -2.26. The normalized spacial score (nSPS) is 12.0. The van der Waals surface area contributed by atoms with Gasteiger partial charge in [-0.2, -0.15) is 10.2 Å². The van der Waals surface area contributed by atoms with Crippen molar-refractivity contribution in [3.8, 4) is 22.6 Å². The third-order valence-corrected chi connectivity index (χ3v) is 5.48. The van der Waals surface area contributed by atoms with Crippen molar-refractivity contribution in [3.63, 3.8) is 0 Å².